The number of urea groups is 1. The van der Waals surface area contributed by atoms with Crippen molar-refractivity contribution in [1.29, 1.82) is 0 Å². The minimum atomic E-state index is -1.01. The molecule has 0 bridgehead atoms. The summed E-state index contributed by atoms with van der Waals surface area (Å²) in [4.78, 5) is 68.0. The number of Topliss-reactive ketones (excluding diaryl/α,β-unsaturated/α-hetero) is 1. The second-order valence-corrected chi connectivity index (χ2v) is 13.1. The second-order valence-electron chi connectivity index (χ2n) is 12.6. The molecular formula is C31H44N5O5P. The van der Waals surface area contributed by atoms with E-state index in [2.05, 4.69) is 27.3 Å². The van der Waals surface area contributed by atoms with Gasteiger partial charge in [-0.3, -0.25) is 24.3 Å². The molecule has 10 nitrogen and oxygen atoms in total. The average molecular weight is 598 g/mol. The lowest BCUT2D eigenvalue weighted by Gasteiger charge is -2.36. The molecule has 1 heterocycles. The Morgan fingerprint density at radius 3 is 2.29 bits per heavy atom. The number of amides is 5. The van der Waals surface area contributed by atoms with Crippen LogP contribution in [0, 0.1) is 17.3 Å². The molecule has 42 heavy (non-hydrogen) atoms. The molecule has 1 aromatic carbocycles. The molecule has 2 aliphatic rings. The van der Waals surface area contributed by atoms with E-state index in [0.717, 1.165) is 24.8 Å². The number of hydrogen-bond acceptors (Lipinski definition) is 5. The molecule has 1 saturated carbocycles. The summed E-state index contributed by atoms with van der Waals surface area (Å²) in [6.07, 6.45) is 9.27. The van der Waals surface area contributed by atoms with Crippen molar-refractivity contribution in [2.75, 3.05) is 11.9 Å². The fourth-order valence-corrected chi connectivity index (χ4v) is 5.64. The minimum Gasteiger partial charge on any atom is -0.344 e. The SMILES string of the molecule is C=PNC(=O)N[C@H](C(=O)N1C[C@H](C=C(C)C)C[C@H]1C(=O)NC(CC1CCC1)C(=O)C(=O)Nc1ccccc1)C(C)(C)C. The van der Waals surface area contributed by atoms with E-state index in [9.17, 15) is 24.0 Å². The third-order valence-corrected chi connectivity index (χ3v) is 8.10. The fourth-order valence-electron chi connectivity index (χ4n) is 5.44. The quantitative estimate of drug-likeness (QED) is 0.173. The van der Waals surface area contributed by atoms with Crippen molar-refractivity contribution in [3.8, 4) is 0 Å². The molecule has 2 fully saturated rings. The van der Waals surface area contributed by atoms with Crippen LogP contribution in [-0.2, 0) is 19.2 Å². The van der Waals surface area contributed by atoms with Crippen LogP contribution in [0.15, 0.2) is 42.0 Å². The van der Waals surface area contributed by atoms with Gasteiger partial charge in [-0.1, -0.05) is 76.2 Å². The van der Waals surface area contributed by atoms with E-state index in [1.165, 1.54) is 4.90 Å². The zero-order chi connectivity index (χ0) is 31.0. The predicted molar refractivity (Wildman–Crippen MR) is 166 cm³/mol. The van der Waals surface area contributed by atoms with Gasteiger partial charge in [-0.05, 0) is 56.1 Å². The first-order valence-electron chi connectivity index (χ1n) is 14.5. The molecular weight excluding hydrogens is 553 g/mol. The van der Waals surface area contributed by atoms with Gasteiger partial charge in [0.15, 0.2) is 0 Å². The number of nitrogens with zero attached hydrogens (tertiary/aromatic N) is 1. The third-order valence-electron chi connectivity index (χ3n) is 7.74. The van der Waals surface area contributed by atoms with Crippen molar-refractivity contribution in [3.63, 3.8) is 0 Å². The lowest BCUT2D eigenvalue weighted by atomic mass is 9.80. The lowest BCUT2D eigenvalue weighted by Crippen LogP contribution is -2.59. The van der Waals surface area contributed by atoms with Crippen molar-refractivity contribution >= 4 is 49.9 Å². The molecule has 0 spiro atoms. The van der Waals surface area contributed by atoms with E-state index in [1.807, 2.05) is 40.7 Å². The van der Waals surface area contributed by atoms with Gasteiger partial charge in [-0.25, -0.2) is 4.79 Å². The summed E-state index contributed by atoms with van der Waals surface area (Å²) >= 11 is 0. The summed E-state index contributed by atoms with van der Waals surface area (Å²) in [5.74, 6) is -2.21. The smallest absolute Gasteiger partial charge is 0.322 e. The zero-order valence-corrected chi connectivity index (χ0v) is 26.1. The van der Waals surface area contributed by atoms with Crippen LogP contribution in [0.25, 0.3) is 0 Å². The van der Waals surface area contributed by atoms with E-state index in [4.69, 9.17) is 0 Å². The van der Waals surface area contributed by atoms with Gasteiger partial charge < -0.3 is 20.9 Å². The van der Waals surface area contributed by atoms with Gasteiger partial charge in [0, 0.05) is 20.6 Å². The molecule has 228 valence electrons. The Bertz CT molecular complexity index is 1200. The molecule has 0 aromatic heterocycles. The number of benzene rings is 1. The maximum absolute atomic E-state index is 14.0. The van der Waals surface area contributed by atoms with Gasteiger partial charge in [0.25, 0.3) is 5.91 Å². The number of para-hydroxylation sites is 1. The Kier molecular flexibility index (Phi) is 11.5. The molecule has 1 aliphatic heterocycles. The largest absolute Gasteiger partial charge is 0.344 e. The van der Waals surface area contributed by atoms with Crippen LogP contribution in [0.5, 0.6) is 0 Å². The molecule has 0 radical (unpaired) electrons. The summed E-state index contributed by atoms with van der Waals surface area (Å²) in [5.41, 5.74) is 0.897. The van der Waals surface area contributed by atoms with Gasteiger partial charge in [0.1, 0.15) is 12.1 Å². The normalized spacial score (nSPS) is 20.1. The number of rotatable bonds is 11. The maximum Gasteiger partial charge on any atom is 0.322 e. The van der Waals surface area contributed by atoms with Gasteiger partial charge in [-0.2, -0.15) is 0 Å². The van der Waals surface area contributed by atoms with Crippen LogP contribution in [0.1, 0.15) is 66.7 Å². The Hall–Kier alpha value is -3.52. The fraction of sp³-hybridized carbons (Fsp3) is 0.548. The number of hydrogen-bond donors (Lipinski definition) is 4. The predicted octanol–water partition coefficient (Wildman–Crippen LogP) is 4.06. The summed E-state index contributed by atoms with van der Waals surface area (Å²) in [6, 6.07) is 5.37. The van der Waals surface area contributed by atoms with E-state index in [1.54, 1.807) is 30.3 Å². The van der Waals surface area contributed by atoms with Crippen molar-refractivity contribution in [1.82, 2.24) is 20.6 Å². The highest BCUT2D eigenvalue weighted by Gasteiger charge is 2.45. The Morgan fingerprint density at radius 2 is 1.74 bits per heavy atom. The molecule has 1 aromatic rings. The number of carbonyl (C=O) groups excluding carboxylic acids is 5. The Labute approximate surface area is 250 Å². The summed E-state index contributed by atoms with van der Waals surface area (Å²) in [6.45, 7) is 9.74. The van der Waals surface area contributed by atoms with Crippen LogP contribution in [0.3, 0.4) is 0 Å². The van der Waals surface area contributed by atoms with Crippen LogP contribution in [0.4, 0.5) is 10.5 Å². The van der Waals surface area contributed by atoms with Gasteiger partial charge >= 0.3 is 6.03 Å². The van der Waals surface area contributed by atoms with Crippen LogP contribution in [-0.4, -0.2) is 65.4 Å². The van der Waals surface area contributed by atoms with Crippen LogP contribution >= 0.6 is 8.35 Å². The number of likely N-dealkylation sites (tertiary alicyclic amines) is 1. The standard InChI is InChI=1S/C31H44N5O5P/c1-19(2)15-21-17-24(36(18-21)29(40)26(31(3,4)5)34-30(41)35-42-6)27(38)33-23(16-20-11-10-12-20)25(37)28(39)32-22-13-8-7-9-14-22/h7-9,13-15,20-21,23-24,26H,6,10-12,16-18H2,1-5H3,(H,32,39)(H,33,38)(H2,34,35,41)/t21-,23?,24+,26-/m1/s1. The van der Waals surface area contributed by atoms with E-state index >= 15 is 0 Å². The first kappa shape index (κ1) is 33.0. The van der Waals surface area contributed by atoms with E-state index in [-0.39, 0.29) is 17.7 Å². The summed E-state index contributed by atoms with van der Waals surface area (Å²) in [5, 5.41) is 10.8. The number of anilines is 1. The summed E-state index contributed by atoms with van der Waals surface area (Å²) < 4.78 is 0. The molecule has 3 rings (SSSR count). The highest BCUT2D eigenvalue weighted by molar-refractivity contribution is 7.35. The first-order valence-corrected chi connectivity index (χ1v) is 15.6. The minimum absolute atomic E-state index is 0.0790. The maximum atomic E-state index is 14.0. The van der Waals surface area contributed by atoms with Crippen LogP contribution < -0.4 is 21.0 Å². The molecule has 1 saturated heterocycles. The molecule has 4 atom stereocenters. The van der Waals surface area contributed by atoms with Crippen molar-refractivity contribution in [3.05, 3.63) is 42.0 Å². The first-order chi connectivity index (χ1) is 19.8. The topological polar surface area (TPSA) is 137 Å². The van der Waals surface area contributed by atoms with E-state index < -0.39 is 47.2 Å². The third kappa shape index (κ3) is 8.99. The summed E-state index contributed by atoms with van der Waals surface area (Å²) in [7, 11) is 0.393. The molecule has 1 aliphatic carbocycles. The average Bonchev–Trinajstić information content (AvgIpc) is 3.31. The lowest BCUT2D eigenvalue weighted by molar-refractivity contribution is -0.143. The van der Waals surface area contributed by atoms with Crippen molar-refractivity contribution < 1.29 is 24.0 Å². The highest BCUT2D eigenvalue weighted by atomic mass is 31.1. The van der Waals surface area contributed by atoms with Crippen LogP contribution in [0.2, 0.25) is 0 Å². The van der Waals surface area contributed by atoms with Gasteiger partial charge in [-0.15, -0.1) is 0 Å². The molecule has 5 amide bonds. The van der Waals surface area contributed by atoms with Gasteiger partial charge in [0.05, 0.1) is 6.04 Å². The Balaban J connectivity index is 1.85. The number of nitrogens with one attached hydrogen (secondary N) is 4. The Morgan fingerprint density at radius 1 is 1.07 bits per heavy atom. The van der Waals surface area contributed by atoms with Crippen molar-refractivity contribution in [2.24, 2.45) is 17.3 Å². The zero-order valence-electron chi connectivity index (χ0n) is 25.2. The van der Waals surface area contributed by atoms with Crippen molar-refractivity contribution in [2.45, 2.75) is 84.8 Å². The van der Waals surface area contributed by atoms with Gasteiger partial charge in [0.2, 0.25) is 17.6 Å². The monoisotopic (exact) mass is 597 g/mol. The molecule has 1 unspecified atom stereocenters. The number of allylic oxidation sites excluding steroid dienone is 1. The highest BCUT2D eigenvalue weighted by Crippen LogP contribution is 2.32. The van der Waals surface area contributed by atoms with E-state index in [0.29, 0.717) is 33.4 Å². The molecule has 4 N–H and O–H groups in total. The molecule has 11 heteroatoms. The number of ketones is 1. The second kappa shape index (κ2) is 14.6. The number of carbonyl (C=O) groups is 5.